The fourth-order valence-corrected chi connectivity index (χ4v) is 2.65. The van der Waals surface area contributed by atoms with Crippen molar-refractivity contribution in [1.29, 1.82) is 0 Å². The van der Waals surface area contributed by atoms with Crippen LogP contribution in [0.15, 0.2) is 30.9 Å². The maximum Gasteiger partial charge on any atom is 0.236 e. The number of rotatable bonds is 4. The Hall–Kier alpha value is -0.156. The zero-order chi connectivity index (χ0) is 14.7. The van der Waals surface area contributed by atoms with Gasteiger partial charge in [-0.1, -0.05) is 35.0 Å². The summed E-state index contributed by atoms with van der Waals surface area (Å²) in [5.74, 6) is 0.671. The molecule has 0 aromatic heterocycles. The predicted molar refractivity (Wildman–Crippen MR) is 83.9 cm³/mol. The molecule has 1 aliphatic rings. The number of carbonyl (C=O) groups excluding carboxylic acids is 1. The molecule has 109 valence electrons. The first-order valence-corrected chi connectivity index (χ1v) is 7.40. The van der Waals surface area contributed by atoms with E-state index in [-0.39, 0.29) is 43.4 Å². The van der Waals surface area contributed by atoms with E-state index in [0.29, 0.717) is 29.5 Å². The molecule has 0 bridgehead atoms. The molecule has 3 nitrogen and oxygen atoms in total. The number of hydrogen-bond donors (Lipinski definition) is 0. The molecule has 1 unspecified atom stereocenters. The molecule has 1 heterocycles. The number of ether oxygens (including phenoxy) is 1. The second-order valence-electron chi connectivity index (χ2n) is 4.34. The molecule has 0 saturated heterocycles. The van der Waals surface area contributed by atoms with Gasteiger partial charge >= 0.3 is 0 Å². The van der Waals surface area contributed by atoms with Crippen LogP contribution in [0.25, 0.3) is 5.70 Å². The predicted octanol–water partition coefficient (Wildman–Crippen LogP) is 3.67. The van der Waals surface area contributed by atoms with Crippen molar-refractivity contribution in [1.82, 2.24) is 4.90 Å². The van der Waals surface area contributed by atoms with Crippen molar-refractivity contribution in [2.24, 2.45) is 0 Å². The van der Waals surface area contributed by atoms with Gasteiger partial charge in [0.2, 0.25) is 5.91 Å². The van der Waals surface area contributed by atoms with Gasteiger partial charge in [0.15, 0.2) is 0 Å². The molecule has 0 saturated carbocycles. The van der Waals surface area contributed by atoms with Gasteiger partial charge in [-0.15, -0.1) is 28.9 Å². The minimum absolute atomic E-state index is 0. The Morgan fingerprint density at radius 2 is 2.33 bits per heavy atom. The summed E-state index contributed by atoms with van der Waals surface area (Å²) in [5, 5.41) is 0.529. The SMILES string of the molecule is C=CCOc1ccc(C2=[C-]CC(Br)C(=O)N2C)c(Cl)c1.[Y]. The van der Waals surface area contributed by atoms with E-state index in [4.69, 9.17) is 16.3 Å². The molecule has 0 N–H and O–H groups in total. The molecule has 0 spiro atoms. The standard InChI is InChI=1S/C15H14BrClNO2.Y/c1-3-8-20-10-4-5-11(13(17)9-10)14-7-6-12(16)15(19)18(14)2;/h3-5,9,12H,1,6,8H2,2H3;/q-1;. The summed E-state index contributed by atoms with van der Waals surface area (Å²) in [6.07, 6.45) is 5.40. The molecular weight excluding hydrogens is 430 g/mol. The smallest absolute Gasteiger partial charge is 0.236 e. The second kappa shape index (κ2) is 8.47. The van der Waals surface area contributed by atoms with E-state index >= 15 is 0 Å². The normalized spacial score (nSPS) is 17.9. The van der Waals surface area contributed by atoms with Crippen LogP contribution in [0.4, 0.5) is 0 Å². The first-order chi connectivity index (χ1) is 9.54. The van der Waals surface area contributed by atoms with Crippen LogP contribution in [-0.4, -0.2) is 29.3 Å². The number of amides is 1. The van der Waals surface area contributed by atoms with Crippen LogP contribution in [0.1, 0.15) is 12.0 Å². The maximum absolute atomic E-state index is 12.0. The fourth-order valence-electron chi connectivity index (χ4n) is 1.92. The average molecular weight is 445 g/mol. The number of carbonyl (C=O) groups is 1. The average Bonchev–Trinajstić information content (AvgIpc) is 2.44. The minimum Gasteiger partial charge on any atom is -0.490 e. The van der Waals surface area contributed by atoms with E-state index in [1.807, 2.05) is 12.1 Å². The van der Waals surface area contributed by atoms with Gasteiger partial charge in [0.1, 0.15) is 12.4 Å². The quantitative estimate of drug-likeness (QED) is 0.403. The van der Waals surface area contributed by atoms with Crippen molar-refractivity contribution in [3.8, 4) is 5.75 Å². The van der Waals surface area contributed by atoms with Crippen LogP contribution in [0, 0.1) is 6.08 Å². The topological polar surface area (TPSA) is 29.5 Å². The number of hydrogen-bond acceptors (Lipinski definition) is 2. The summed E-state index contributed by atoms with van der Waals surface area (Å²) in [7, 11) is 1.72. The second-order valence-corrected chi connectivity index (χ2v) is 5.85. The van der Waals surface area contributed by atoms with Crippen LogP contribution in [0.3, 0.4) is 0 Å². The number of allylic oxidation sites excluding steroid dienone is 1. The van der Waals surface area contributed by atoms with Crippen molar-refractivity contribution >= 4 is 39.1 Å². The summed E-state index contributed by atoms with van der Waals surface area (Å²) in [6, 6.07) is 5.38. The van der Waals surface area contributed by atoms with Gasteiger partial charge in [-0.3, -0.25) is 4.79 Å². The van der Waals surface area contributed by atoms with E-state index in [0.717, 1.165) is 5.56 Å². The summed E-state index contributed by atoms with van der Waals surface area (Å²) >= 11 is 9.60. The molecule has 1 atom stereocenters. The Morgan fingerprint density at radius 1 is 1.62 bits per heavy atom. The van der Waals surface area contributed by atoms with Crippen molar-refractivity contribution in [2.45, 2.75) is 11.2 Å². The van der Waals surface area contributed by atoms with Gasteiger partial charge in [-0.25, -0.2) is 6.08 Å². The van der Waals surface area contributed by atoms with Gasteiger partial charge in [-0.05, 0) is 17.2 Å². The molecule has 1 radical (unpaired) electrons. The Morgan fingerprint density at radius 3 is 2.95 bits per heavy atom. The molecular formula is C15H14BrClNO2Y-. The summed E-state index contributed by atoms with van der Waals surface area (Å²) < 4.78 is 5.42. The Kier molecular flexibility index (Phi) is 7.62. The first kappa shape index (κ1) is 18.9. The Bertz CT molecular complexity index is 577. The number of benzene rings is 1. The van der Waals surface area contributed by atoms with Crippen molar-refractivity contribution in [3.63, 3.8) is 0 Å². The Labute approximate surface area is 163 Å². The van der Waals surface area contributed by atoms with Crippen LogP contribution in [0.2, 0.25) is 5.02 Å². The minimum atomic E-state index is -0.217. The van der Waals surface area contributed by atoms with E-state index in [1.54, 1.807) is 24.1 Å². The van der Waals surface area contributed by atoms with E-state index in [1.165, 1.54) is 0 Å². The third kappa shape index (κ3) is 4.41. The van der Waals surface area contributed by atoms with Crippen LogP contribution < -0.4 is 4.74 Å². The van der Waals surface area contributed by atoms with E-state index in [9.17, 15) is 4.79 Å². The molecule has 1 amide bonds. The molecule has 1 aromatic carbocycles. The summed E-state index contributed by atoms with van der Waals surface area (Å²) in [5.41, 5.74) is 1.47. The van der Waals surface area contributed by atoms with Crippen molar-refractivity contribution in [3.05, 3.63) is 47.5 Å². The van der Waals surface area contributed by atoms with Crippen molar-refractivity contribution < 1.29 is 42.2 Å². The number of nitrogens with zero attached hydrogens (tertiary/aromatic N) is 1. The maximum atomic E-state index is 12.0. The largest absolute Gasteiger partial charge is 0.490 e. The summed E-state index contributed by atoms with van der Waals surface area (Å²) in [4.78, 5) is 13.3. The van der Waals surface area contributed by atoms with Crippen LogP contribution >= 0.6 is 27.5 Å². The molecule has 0 aliphatic carbocycles. The zero-order valence-corrected chi connectivity index (χ0v) is 16.8. The van der Waals surface area contributed by atoms with Gasteiger partial charge in [0.25, 0.3) is 0 Å². The van der Waals surface area contributed by atoms with Gasteiger partial charge in [0, 0.05) is 39.8 Å². The van der Waals surface area contributed by atoms with E-state index < -0.39 is 0 Å². The van der Waals surface area contributed by atoms with Gasteiger partial charge < -0.3 is 9.64 Å². The molecule has 21 heavy (non-hydrogen) atoms. The summed E-state index contributed by atoms with van der Waals surface area (Å²) in [6.45, 7) is 4.02. The molecule has 0 fully saturated rings. The first-order valence-electron chi connectivity index (χ1n) is 6.10. The van der Waals surface area contributed by atoms with Crippen molar-refractivity contribution in [2.75, 3.05) is 13.7 Å². The Balaban J connectivity index is 0.00000220. The third-order valence-corrected chi connectivity index (χ3v) is 3.97. The third-order valence-electron chi connectivity index (χ3n) is 2.95. The molecule has 6 heteroatoms. The fraction of sp³-hybridized carbons (Fsp3) is 0.267. The van der Waals surface area contributed by atoms with Crippen LogP contribution in [0.5, 0.6) is 5.75 Å². The number of halogens is 2. The zero-order valence-electron chi connectivity index (χ0n) is 11.6. The monoisotopic (exact) mass is 443 g/mol. The number of alkyl halides is 1. The van der Waals surface area contributed by atoms with Gasteiger partial charge in [0.05, 0.1) is 4.83 Å². The van der Waals surface area contributed by atoms with Gasteiger partial charge in [-0.2, -0.15) is 0 Å². The van der Waals surface area contributed by atoms with E-state index in [2.05, 4.69) is 28.6 Å². The molecule has 2 rings (SSSR count). The molecule has 1 aromatic rings. The molecule has 1 aliphatic heterocycles. The van der Waals surface area contributed by atoms with Crippen LogP contribution in [-0.2, 0) is 37.5 Å².